The summed E-state index contributed by atoms with van der Waals surface area (Å²) >= 11 is 0. The van der Waals surface area contributed by atoms with Crippen molar-refractivity contribution in [1.29, 1.82) is 0 Å². The third-order valence-electron chi connectivity index (χ3n) is 3.98. The molecule has 1 aliphatic rings. The molecule has 5 nitrogen and oxygen atoms in total. The Morgan fingerprint density at radius 2 is 1.92 bits per heavy atom. The lowest BCUT2D eigenvalue weighted by molar-refractivity contribution is 0.368. The summed E-state index contributed by atoms with van der Waals surface area (Å²) in [7, 11) is 1.77. The summed E-state index contributed by atoms with van der Waals surface area (Å²) in [5.74, 6) is 1.55. The van der Waals surface area contributed by atoms with Crippen molar-refractivity contribution in [2.75, 3.05) is 38.1 Å². The zero-order valence-corrected chi connectivity index (χ0v) is 15.9. The minimum absolute atomic E-state index is 0. The number of para-hydroxylation sites is 1. The number of furan rings is 1. The molecule has 2 heterocycles. The topological polar surface area (TPSA) is 44.0 Å². The van der Waals surface area contributed by atoms with Gasteiger partial charge in [0, 0.05) is 33.2 Å². The van der Waals surface area contributed by atoms with Crippen LogP contribution in [0.2, 0.25) is 0 Å². The second-order valence-electron chi connectivity index (χ2n) is 5.41. The van der Waals surface area contributed by atoms with Crippen molar-refractivity contribution in [1.82, 2.24) is 10.2 Å². The average Bonchev–Trinajstić information content (AvgIpc) is 3.10. The lowest BCUT2D eigenvalue weighted by Gasteiger charge is -2.37. The average molecular weight is 444 g/mol. The van der Waals surface area contributed by atoms with E-state index in [2.05, 4.69) is 20.1 Å². The Morgan fingerprint density at radius 3 is 2.54 bits per heavy atom. The summed E-state index contributed by atoms with van der Waals surface area (Å²) < 4.78 is 19.2. The molecule has 0 radical (unpaired) electrons. The molecule has 0 aliphatic carbocycles. The van der Waals surface area contributed by atoms with E-state index < -0.39 is 0 Å². The van der Waals surface area contributed by atoms with Crippen LogP contribution in [0.4, 0.5) is 10.1 Å². The smallest absolute Gasteiger partial charge is 0.194 e. The van der Waals surface area contributed by atoms with E-state index in [0.717, 1.165) is 37.9 Å². The Balaban J connectivity index is 0.00000208. The molecular formula is C17H22FIN4O. The second-order valence-corrected chi connectivity index (χ2v) is 5.41. The first-order valence-corrected chi connectivity index (χ1v) is 7.75. The van der Waals surface area contributed by atoms with Crippen molar-refractivity contribution in [3.63, 3.8) is 0 Å². The van der Waals surface area contributed by atoms with E-state index in [9.17, 15) is 4.39 Å². The summed E-state index contributed by atoms with van der Waals surface area (Å²) in [5, 5.41) is 3.30. The predicted molar refractivity (Wildman–Crippen MR) is 105 cm³/mol. The number of aliphatic imine (C=N–C) groups is 1. The number of halogens is 2. The zero-order valence-electron chi connectivity index (χ0n) is 13.6. The highest BCUT2D eigenvalue weighted by Crippen LogP contribution is 2.20. The van der Waals surface area contributed by atoms with Crippen LogP contribution in [0.3, 0.4) is 0 Å². The molecule has 0 amide bonds. The standard InChI is InChI=1S/C17H21FN4O.HI/c1-19-17(20-13-14-5-4-12-23-14)22-10-8-21(9-11-22)16-7-3-2-6-15(16)18;/h2-7,12H,8-11,13H2,1H3,(H,19,20);1H. The van der Waals surface area contributed by atoms with Crippen LogP contribution in [0.15, 0.2) is 52.1 Å². The zero-order chi connectivity index (χ0) is 16.1. The summed E-state index contributed by atoms with van der Waals surface area (Å²) in [6.45, 7) is 3.73. The van der Waals surface area contributed by atoms with E-state index in [1.54, 1.807) is 19.4 Å². The van der Waals surface area contributed by atoms with Gasteiger partial charge in [0.05, 0.1) is 18.5 Å². The summed E-state index contributed by atoms with van der Waals surface area (Å²) in [6.07, 6.45) is 1.66. The number of hydrogen-bond acceptors (Lipinski definition) is 3. The van der Waals surface area contributed by atoms with Crippen molar-refractivity contribution in [3.05, 3.63) is 54.2 Å². The molecule has 3 rings (SSSR count). The van der Waals surface area contributed by atoms with Crippen LogP contribution in [0.25, 0.3) is 0 Å². The van der Waals surface area contributed by atoms with E-state index in [4.69, 9.17) is 4.42 Å². The third kappa shape index (κ3) is 4.40. The first kappa shape index (κ1) is 18.6. The molecule has 0 bridgehead atoms. The highest BCUT2D eigenvalue weighted by molar-refractivity contribution is 14.0. The van der Waals surface area contributed by atoms with Crippen LogP contribution in [-0.2, 0) is 6.54 Å². The third-order valence-corrected chi connectivity index (χ3v) is 3.98. The number of hydrogen-bond donors (Lipinski definition) is 1. The van der Waals surface area contributed by atoms with E-state index in [1.165, 1.54) is 6.07 Å². The molecule has 1 fully saturated rings. The van der Waals surface area contributed by atoms with Gasteiger partial charge in [-0.25, -0.2) is 4.39 Å². The van der Waals surface area contributed by atoms with Crippen LogP contribution in [0.1, 0.15) is 5.76 Å². The Hall–Kier alpha value is -1.77. The van der Waals surface area contributed by atoms with Crippen LogP contribution < -0.4 is 10.2 Å². The van der Waals surface area contributed by atoms with Gasteiger partial charge in [-0.2, -0.15) is 0 Å². The molecular weight excluding hydrogens is 422 g/mol. The molecule has 1 aromatic heterocycles. The SMILES string of the molecule is CN=C(NCc1ccco1)N1CCN(c2ccccc2F)CC1.I. The van der Waals surface area contributed by atoms with Crippen molar-refractivity contribution in [2.45, 2.75) is 6.54 Å². The first-order valence-electron chi connectivity index (χ1n) is 7.75. The number of guanidine groups is 1. The minimum Gasteiger partial charge on any atom is -0.467 e. The van der Waals surface area contributed by atoms with Gasteiger partial charge >= 0.3 is 0 Å². The van der Waals surface area contributed by atoms with Gasteiger partial charge in [-0.3, -0.25) is 4.99 Å². The molecule has 7 heteroatoms. The second kappa shape index (κ2) is 8.91. The maximum Gasteiger partial charge on any atom is 0.194 e. The Kier molecular flexibility index (Phi) is 6.89. The molecule has 0 spiro atoms. The fraction of sp³-hybridized carbons (Fsp3) is 0.353. The molecule has 0 unspecified atom stereocenters. The highest BCUT2D eigenvalue weighted by atomic mass is 127. The number of anilines is 1. The minimum atomic E-state index is -0.165. The Morgan fingerprint density at radius 1 is 1.17 bits per heavy atom. The van der Waals surface area contributed by atoms with Gasteiger partial charge in [-0.05, 0) is 24.3 Å². The number of benzene rings is 1. The molecule has 24 heavy (non-hydrogen) atoms. The summed E-state index contributed by atoms with van der Waals surface area (Å²) in [6, 6.07) is 10.7. The largest absolute Gasteiger partial charge is 0.467 e. The molecule has 1 aliphatic heterocycles. The van der Waals surface area contributed by atoms with Gasteiger partial charge in [0.25, 0.3) is 0 Å². The summed E-state index contributed by atoms with van der Waals surface area (Å²) in [4.78, 5) is 8.58. The van der Waals surface area contributed by atoms with Crippen LogP contribution in [0, 0.1) is 5.82 Å². The van der Waals surface area contributed by atoms with E-state index in [1.807, 2.05) is 24.3 Å². The number of piperazine rings is 1. The maximum atomic E-state index is 13.9. The van der Waals surface area contributed by atoms with Crippen LogP contribution >= 0.6 is 24.0 Å². The van der Waals surface area contributed by atoms with E-state index in [-0.39, 0.29) is 29.8 Å². The van der Waals surface area contributed by atoms with Gasteiger partial charge in [0.1, 0.15) is 11.6 Å². The maximum absolute atomic E-state index is 13.9. The molecule has 130 valence electrons. The fourth-order valence-corrected chi connectivity index (χ4v) is 2.78. The van der Waals surface area contributed by atoms with Crippen molar-refractivity contribution in [3.8, 4) is 0 Å². The van der Waals surface area contributed by atoms with Crippen LogP contribution in [-0.4, -0.2) is 44.1 Å². The van der Waals surface area contributed by atoms with Crippen molar-refractivity contribution in [2.24, 2.45) is 4.99 Å². The number of rotatable bonds is 3. The molecule has 1 N–H and O–H groups in total. The van der Waals surface area contributed by atoms with Gasteiger partial charge in [0.15, 0.2) is 5.96 Å². The van der Waals surface area contributed by atoms with Gasteiger partial charge in [0.2, 0.25) is 0 Å². The molecule has 0 atom stereocenters. The lowest BCUT2D eigenvalue weighted by atomic mass is 10.2. The molecule has 0 saturated carbocycles. The fourth-order valence-electron chi connectivity index (χ4n) is 2.78. The molecule has 1 aromatic carbocycles. The number of nitrogens with one attached hydrogen (secondary N) is 1. The van der Waals surface area contributed by atoms with Gasteiger partial charge in [-0.1, -0.05) is 12.1 Å². The van der Waals surface area contributed by atoms with Crippen molar-refractivity contribution < 1.29 is 8.81 Å². The van der Waals surface area contributed by atoms with Gasteiger partial charge < -0.3 is 19.5 Å². The monoisotopic (exact) mass is 444 g/mol. The van der Waals surface area contributed by atoms with Crippen LogP contribution in [0.5, 0.6) is 0 Å². The Bertz CT molecular complexity index is 654. The summed E-state index contributed by atoms with van der Waals surface area (Å²) in [5.41, 5.74) is 0.672. The predicted octanol–water partition coefficient (Wildman–Crippen LogP) is 2.93. The van der Waals surface area contributed by atoms with Gasteiger partial charge in [-0.15, -0.1) is 24.0 Å². The first-order chi connectivity index (χ1) is 11.3. The normalized spacial score (nSPS) is 15.2. The molecule has 2 aromatic rings. The van der Waals surface area contributed by atoms with E-state index in [0.29, 0.717) is 12.2 Å². The number of nitrogens with zero attached hydrogens (tertiary/aromatic N) is 3. The van der Waals surface area contributed by atoms with Crippen molar-refractivity contribution >= 4 is 35.6 Å². The van der Waals surface area contributed by atoms with E-state index >= 15 is 0 Å². The quantitative estimate of drug-likeness (QED) is 0.450. The Labute approximate surface area is 158 Å². The lowest BCUT2D eigenvalue weighted by Crippen LogP contribution is -2.52. The highest BCUT2D eigenvalue weighted by Gasteiger charge is 2.21. The molecule has 1 saturated heterocycles.